The summed E-state index contributed by atoms with van der Waals surface area (Å²) in [6, 6.07) is 2.22. The van der Waals surface area contributed by atoms with Crippen molar-refractivity contribution in [3.8, 4) is 0 Å². The number of hydrogen-bond acceptors (Lipinski definition) is 2. The smallest absolute Gasteiger partial charge is 0.768 e. The first-order valence-corrected chi connectivity index (χ1v) is 4.88. The van der Waals surface area contributed by atoms with Crippen LogP contribution in [0.3, 0.4) is 0 Å². The number of benzene rings is 1. The van der Waals surface area contributed by atoms with Crippen LogP contribution < -0.4 is 29.6 Å². The average Bonchev–Trinajstić information content (AvgIpc) is 2.16. The van der Waals surface area contributed by atoms with Gasteiger partial charge in [0, 0.05) is 10.5 Å². The van der Waals surface area contributed by atoms with Crippen molar-refractivity contribution >= 4 is 11.1 Å². The molecule has 1 unspecified atom stereocenters. The number of hydrogen-bond donors (Lipinski definition) is 0. The zero-order chi connectivity index (χ0) is 12.6. The summed E-state index contributed by atoms with van der Waals surface area (Å²) in [5.41, 5.74) is -1.30. The molecule has 1 aromatic rings. The molecular formula is C8H4F5NaO2S. The summed E-state index contributed by atoms with van der Waals surface area (Å²) in [5.74, 6) is -4.99. The van der Waals surface area contributed by atoms with E-state index in [2.05, 4.69) is 0 Å². The average molecular weight is 282 g/mol. The SMILES string of the molecule is O=S([O-])c1ccc(C(F)(F)C(F)(F)F)cc1.[Na+]. The third-order valence-corrected chi connectivity index (χ3v) is 2.42. The monoisotopic (exact) mass is 282 g/mol. The van der Waals surface area contributed by atoms with Crippen LogP contribution in [0.15, 0.2) is 29.2 Å². The van der Waals surface area contributed by atoms with E-state index in [0.29, 0.717) is 24.3 Å². The van der Waals surface area contributed by atoms with Crippen molar-refractivity contribution in [3.05, 3.63) is 29.8 Å². The van der Waals surface area contributed by atoms with E-state index in [0.717, 1.165) is 0 Å². The molecule has 9 heteroatoms. The molecule has 0 amide bonds. The van der Waals surface area contributed by atoms with Crippen molar-refractivity contribution in [2.45, 2.75) is 17.0 Å². The molecule has 0 saturated carbocycles. The molecule has 0 bridgehead atoms. The van der Waals surface area contributed by atoms with Crippen molar-refractivity contribution in [1.82, 2.24) is 0 Å². The third kappa shape index (κ3) is 3.72. The molecule has 0 saturated heterocycles. The molecular weight excluding hydrogens is 278 g/mol. The maximum absolute atomic E-state index is 12.7. The van der Waals surface area contributed by atoms with E-state index in [1.165, 1.54) is 0 Å². The quantitative estimate of drug-likeness (QED) is 0.420. The van der Waals surface area contributed by atoms with Crippen LogP contribution in [0.25, 0.3) is 0 Å². The molecule has 0 aliphatic carbocycles. The summed E-state index contributed by atoms with van der Waals surface area (Å²) < 4.78 is 81.9. The Hall–Kier alpha value is -0.0200. The maximum Gasteiger partial charge on any atom is 1.00 e. The molecule has 0 aliphatic heterocycles. The van der Waals surface area contributed by atoms with Gasteiger partial charge in [-0.2, -0.15) is 22.0 Å². The number of rotatable bonds is 2. The molecule has 1 rings (SSSR count). The summed E-state index contributed by atoms with van der Waals surface area (Å²) >= 11 is -2.66. The van der Waals surface area contributed by atoms with Crippen molar-refractivity contribution in [1.29, 1.82) is 0 Å². The largest absolute Gasteiger partial charge is 1.00 e. The summed E-state index contributed by atoms with van der Waals surface area (Å²) in [7, 11) is 0. The number of alkyl halides is 5. The van der Waals surface area contributed by atoms with Crippen LogP contribution in [-0.4, -0.2) is 14.9 Å². The standard InChI is InChI=1S/C8H5F5O2S.Na/c9-7(10,8(11,12)13)5-1-3-6(4-2-5)16(14)15;/h1-4H,(H,14,15);/q;+1/p-1. The Morgan fingerprint density at radius 3 is 1.71 bits per heavy atom. The minimum atomic E-state index is -5.70. The first kappa shape index (κ1) is 17.0. The van der Waals surface area contributed by atoms with E-state index < -0.39 is 28.7 Å². The van der Waals surface area contributed by atoms with Crippen molar-refractivity contribution < 1.29 is 60.3 Å². The molecule has 0 spiro atoms. The van der Waals surface area contributed by atoms with Crippen LogP contribution in [-0.2, 0) is 17.0 Å². The molecule has 2 nitrogen and oxygen atoms in total. The Bertz CT molecular complexity index is 403. The van der Waals surface area contributed by atoms with Crippen molar-refractivity contribution in [3.63, 3.8) is 0 Å². The van der Waals surface area contributed by atoms with Gasteiger partial charge in [0.05, 0.1) is 0 Å². The molecule has 0 aromatic heterocycles. The summed E-state index contributed by atoms with van der Waals surface area (Å²) in [4.78, 5) is -0.360. The van der Waals surface area contributed by atoms with Gasteiger partial charge in [-0.25, -0.2) is 0 Å². The summed E-state index contributed by atoms with van der Waals surface area (Å²) in [6.45, 7) is 0. The number of halogens is 5. The fourth-order valence-corrected chi connectivity index (χ4v) is 1.30. The normalized spacial score (nSPS) is 14.0. The molecule has 0 heterocycles. The molecule has 17 heavy (non-hydrogen) atoms. The van der Waals surface area contributed by atoms with Crippen LogP contribution in [0, 0.1) is 0 Å². The molecule has 0 radical (unpaired) electrons. The fourth-order valence-electron chi connectivity index (χ4n) is 0.939. The Balaban J connectivity index is 0.00000256. The molecule has 1 atom stereocenters. The van der Waals surface area contributed by atoms with Gasteiger partial charge < -0.3 is 4.55 Å². The topological polar surface area (TPSA) is 40.1 Å². The van der Waals surface area contributed by atoms with Gasteiger partial charge in [-0.15, -0.1) is 0 Å². The van der Waals surface area contributed by atoms with E-state index in [4.69, 9.17) is 0 Å². The molecule has 0 N–H and O–H groups in total. The van der Waals surface area contributed by atoms with Gasteiger partial charge in [0.1, 0.15) is 0 Å². The van der Waals surface area contributed by atoms with Crippen LogP contribution >= 0.6 is 0 Å². The van der Waals surface area contributed by atoms with Crippen LogP contribution in [0.1, 0.15) is 5.56 Å². The second-order valence-electron chi connectivity index (χ2n) is 2.83. The minimum Gasteiger partial charge on any atom is -0.768 e. The zero-order valence-electron chi connectivity index (χ0n) is 8.42. The van der Waals surface area contributed by atoms with Crippen LogP contribution in [0.4, 0.5) is 22.0 Å². The Morgan fingerprint density at radius 1 is 1.00 bits per heavy atom. The van der Waals surface area contributed by atoms with E-state index in [-0.39, 0.29) is 34.5 Å². The van der Waals surface area contributed by atoms with Gasteiger partial charge in [-0.3, -0.25) is 4.21 Å². The van der Waals surface area contributed by atoms with Gasteiger partial charge >= 0.3 is 41.7 Å². The Kier molecular flexibility index (Phi) is 5.74. The first-order chi connectivity index (χ1) is 7.16. The fraction of sp³-hybridized carbons (Fsp3) is 0.250. The summed E-state index contributed by atoms with van der Waals surface area (Å²) in [6.07, 6.45) is -5.70. The van der Waals surface area contributed by atoms with Gasteiger partial charge in [0.15, 0.2) is 0 Å². The Labute approximate surface area is 118 Å². The molecule has 0 aliphatic rings. The van der Waals surface area contributed by atoms with E-state index in [1.807, 2.05) is 0 Å². The van der Waals surface area contributed by atoms with E-state index in [1.54, 1.807) is 0 Å². The van der Waals surface area contributed by atoms with E-state index in [9.17, 15) is 30.7 Å². The minimum absolute atomic E-state index is 0. The molecule has 1 aromatic carbocycles. The predicted octanol–water partition coefficient (Wildman–Crippen LogP) is -0.417. The van der Waals surface area contributed by atoms with Gasteiger partial charge in [0.2, 0.25) is 0 Å². The summed E-state index contributed by atoms with van der Waals surface area (Å²) in [5, 5.41) is 0. The van der Waals surface area contributed by atoms with Crippen molar-refractivity contribution in [2.24, 2.45) is 0 Å². The third-order valence-electron chi connectivity index (χ3n) is 1.77. The second-order valence-corrected chi connectivity index (χ2v) is 3.77. The maximum atomic E-state index is 12.7. The van der Waals surface area contributed by atoms with Gasteiger partial charge in [0.25, 0.3) is 0 Å². The second kappa shape index (κ2) is 5.75. The molecule has 90 valence electrons. The first-order valence-electron chi connectivity index (χ1n) is 3.80. The predicted molar refractivity (Wildman–Crippen MR) is 43.6 cm³/mol. The van der Waals surface area contributed by atoms with Gasteiger partial charge in [-0.1, -0.05) is 12.1 Å². The molecule has 0 fully saturated rings. The zero-order valence-corrected chi connectivity index (χ0v) is 11.2. The van der Waals surface area contributed by atoms with Crippen molar-refractivity contribution in [2.75, 3.05) is 0 Å². The van der Waals surface area contributed by atoms with Crippen LogP contribution in [0.2, 0.25) is 0 Å². The van der Waals surface area contributed by atoms with Gasteiger partial charge in [-0.05, 0) is 23.2 Å². The Morgan fingerprint density at radius 2 is 1.41 bits per heavy atom. The van der Waals surface area contributed by atoms with E-state index >= 15 is 0 Å². The van der Waals surface area contributed by atoms with Crippen LogP contribution in [0.5, 0.6) is 0 Å².